The smallest absolute Gasteiger partial charge is 0.408 e. The Kier molecular flexibility index (Phi) is 13.1. The minimum Gasteiger partial charge on any atom is -0.457 e. The van der Waals surface area contributed by atoms with Crippen LogP contribution in [0.15, 0.2) is 37.0 Å². The van der Waals surface area contributed by atoms with E-state index in [1.807, 2.05) is 12.2 Å². The van der Waals surface area contributed by atoms with Crippen molar-refractivity contribution < 1.29 is 28.7 Å². The molecule has 1 rings (SSSR count). The molecule has 0 radical (unpaired) electrons. The Labute approximate surface area is 220 Å². The van der Waals surface area contributed by atoms with Gasteiger partial charge in [-0.1, -0.05) is 38.2 Å². The summed E-state index contributed by atoms with van der Waals surface area (Å²) in [7, 11) is 0. The first-order valence-electron chi connectivity index (χ1n) is 12.8. The molecule has 208 valence electrons. The molecule has 0 aromatic heterocycles. The predicted octanol–water partition coefficient (Wildman–Crippen LogP) is 3.16. The third-order valence-electron chi connectivity index (χ3n) is 5.32. The molecule has 10 nitrogen and oxygen atoms in total. The van der Waals surface area contributed by atoms with Crippen LogP contribution < -0.4 is 16.1 Å². The molecule has 3 unspecified atom stereocenters. The number of hydrogen-bond acceptors (Lipinski definition) is 7. The topological polar surface area (TPSA) is 126 Å². The molecule has 1 heterocycles. The average molecular weight is 521 g/mol. The number of alkyl carbamates (subject to hydrolysis) is 1. The van der Waals surface area contributed by atoms with Crippen molar-refractivity contribution in [3.63, 3.8) is 0 Å². The molecule has 0 aromatic carbocycles. The van der Waals surface area contributed by atoms with Crippen molar-refractivity contribution in [3.05, 3.63) is 37.0 Å². The molecule has 4 atom stereocenters. The van der Waals surface area contributed by atoms with Gasteiger partial charge in [-0.25, -0.2) is 10.2 Å². The van der Waals surface area contributed by atoms with E-state index in [0.717, 1.165) is 6.42 Å². The van der Waals surface area contributed by atoms with Crippen LogP contribution in [0.2, 0.25) is 0 Å². The van der Waals surface area contributed by atoms with E-state index >= 15 is 0 Å². The lowest BCUT2D eigenvalue weighted by molar-refractivity contribution is -0.155. The minimum absolute atomic E-state index is 0.240. The normalized spacial score (nSPS) is 18.8. The van der Waals surface area contributed by atoms with Crippen LogP contribution in [0.4, 0.5) is 4.79 Å². The number of hydrazine groups is 1. The van der Waals surface area contributed by atoms with Crippen molar-refractivity contribution in [1.82, 2.24) is 21.1 Å². The molecule has 37 heavy (non-hydrogen) atoms. The molecule has 3 N–H and O–H groups in total. The first-order valence-corrected chi connectivity index (χ1v) is 12.8. The Hall–Kier alpha value is -3.14. The second-order valence-corrected chi connectivity index (χ2v) is 10.4. The van der Waals surface area contributed by atoms with Gasteiger partial charge in [-0.05, 0) is 65.9 Å². The maximum atomic E-state index is 13.0. The van der Waals surface area contributed by atoms with Crippen LogP contribution in [0.1, 0.15) is 67.7 Å². The Morgan fingerprint density at radius 1 is 1.11 bits per heavy atom. The Morgan fingerprint density at radius 2 is 1.78 bits per heavy atom. The number of amides is 3. The molecular weight excluding hydrogens is 476 g/mol. The van der Waals surface area contributed by atoms with Crippen molar-refractivity contribution in [3.8, 4) is 0 Å². The maximum absolute atomic E-state index is 13.0. The monoisotopic (exact) mass is 520 g/mol. The van der Waals surface area contributed by atoms with Gasteiger partial charge in [0.1, 0.15) is 29.8 Å². The highest BCUT2D eigenvalue weighted by Crippen LogP contribution is 2.13. The van der Waals surface area contributed by atoms with E-state index < -0.39 is 53.7 Å². The number of rotatable bonds is 11. The summed E-state index contributed by atoms with van der Waals surface area (Å²) < 4.78 is 10.7. The Bertz CT molecular complexity index is 861. The summed E-state index contributed by atoms with van der Waals surface area (Å²) in [4.78, 5) is 50.7. The van der Waals surface area contributed by atoms with Crippen LogP contribution in [0, 0.1) is 5.92 Å². The van der Waals surface area contributed by atoms with Gasteiger partial charge in [0, 0.05) is 6.54 Å². The van der Waals surface area contributed by atoms with Crippen molar-refractivity contribution in [2.75, 3.05) is 6.54 Å². The third kappa shape index (κ3) is 12.1. The summed E-state index contributed by atoms with van der Waals surface area (Å²) in [5.41, 5.74) is 2.22. The summed E-state index contributed by atoms with van der Waals surface area (Å²) in [6, 6.07) is -2.45. The zero-order chi connectivity index (χ0) is 28.2. The standard InChI is InChI=1S/C27H44N4O6/c1-9-10-11-12-13-15-19(4)36-25(34)21-16-14-17-31(30-21)24(33)20(5)28-23(32)22(18(2)3)29-26(35)37-27(6,7)8/h9,11-13,15,18-22,30H,1,10,14,16-17H2,2-8H3,(H,28,32)(H,29,35)/b12-11+,15-13+/t19-,20?,21?,22?/m1/s1. The fourth-order valence-corrected chi connectivity index (χ4v) is 3.46. The van der Waals surface area contributed by atoms with Crippen molar-refractivity contribution in [2.24, 2.45) is 5.92 Å². The number of hydrogen-bond donors (Lipinski definition) is 3. The van der Waals surface area contributed by atoms with E-state index in [0.29, 0.717) is 19.4 Å². The van der Waals surface area contributed by atoms with Gasteiger partial charge in [0.15, 0.2) is 0 Å². The van der Waals surface area contributed by atoms with E-state index in [1.165, 1.54) is 5.01 Å². The number of esters is 1. The highest BCUT2D eigenvalue weighted by molar-refractivity contribution is 5.91. The first kappa shape index (κ1) is 31.9. The quantitative estimate of drug-likeness (QED) is 0.217. The molecule has 0 aliphatic carbocycles. The van der Waals surface area contributed by atoms with E-state index in [2.05, 4.69) is 22.6 Å². The third-order valence-corrected chi connectivity index (χ3v) is 5.32. The largest absolute Gasteiger partial charge is 0.457 e. The van der Waals surface area contributed by atoms with Gasteiger partial charge in [0.05, 0.1) is 0 Å². The number of allylic oxidation sites excluding steroid dienone is 4. The van der Waals surface area contributed by atoms with Gasteiger partial charge in [0.2, 0.25) is 5.91 Å². The van der Waals surface area contributed by atoms with Crippen LogP contribution in [-0.4, -0.2) is 65.3 Å². The fourth-order valence-electron chi connectivity index (χ4n) is 3.46. The molecule has 10 heteroatoms. The van der Waals surface area contributed by atoms with Gasteiger partial charge in [-0.2, -0.15) is 0 Å². The summed E-state index contributed by atoms with van der Waals surface area (Å²) in [6.07, 6.45) is 9.87. The van der Waals surface area contributed by atoms with Crippen molar-refractivity contribution in [2.45, 2.75) is 97.6 Å². The molecule has 1 fully saturated rings. The highest BCUT2D eigenvalue weighted by Gasteiger charge is 2.34. The number of nitrogens with one attached hydrogen (secondary N) is 3. The lowest BCUT2D eigenvalue weighted by Crippen LogP contribution is -2.61. The number of ether oxygens (including phenoxy) is 2. The second kappa shape index (κ2) is 15.2. The maximum Gasteiger partial charge on any atom is 0.408 e. The number of nitrogens with zero attached hydrogens (tertiary/aromatic N) is 1. The van der Waals surface area contributed by atoms with E-state index in [4.69, 9.17) is 9.47 Å². The molecule has 1 aliphatic rings. The Morgan fingerprint density at radius 3 is 2.38 bits per heavy atom. The minimum atomic E-state index is -0.888. The van der Waals surface area contributed by atoms with Crippen molar-refractivity contribution >= 4 is 23.9 Å². The summed E-state index contributed by atoms with van der Waals surface area (Å²) in [5.74, 6) is -1.60. The number of carbonyl (C=O) groups is 4. The zero-order valence-electron chi connectivity index (χ0n) is 23.2. The van der Waals surface area contributed by atoms with E-state index in [9.17, 15) is 19.2 Å². The zero-order valence-corrected chi connectivity index (χ0v) is 23.2. The highest BCUT2D eigenvalue weighted by atomic mass is 16.6. The average Bonchev–Trinajstić information content (AvgIpc) is 2.80. The lowest BCUT2D eigenvalue weighted by Gasteiger charge is -2.35. The molecule has 0 aromatic rings. The molecule has 0 spiro atoms. The molecule has 3 amide bonds. The lowest BCUT2D eigenvalue weighted by atomic mass is 10.0. The summed E-state index contributed by atoms with van der Waals surface area (Å²) in [6.45, 7) is 16.1. The van der Waals surface area contributed by atoms with Crippen LogP contribution >= 0.6 is 0 Å². The van der Waals surface area contributed by atoms with Gasteiger partial charge in [-0.15, -0.1) is 6.58 Å². The van der Waals surface area contributed by atoms with E-state index in [-0.39, 0.29) is 5.92 Å². The van der Waals surface area contributed by atoms with E-state index in [1.54, 1.807) is 66.7 Å². The summed E-state index contributed by atoms with van der Waals surface area (Å²) in [5, 5.41) is 6.57. The fraction of sp³-hybridized carbons (Fsp3) is 0.630. The van der Waals surface area contributed by atoms with Gasteiger partial charge >= 0.3 is 12.1 Å². The van der Waals surface area contributed by atoms with Crippen LogP contribution in [0.25, 0.3) is 0 Å². The first-order chi connectivity index (χ1) is 17.2. The van der Waals surface area contributed by atoms with Gasteiger partial charge in [-0.3, -0.25) is 19.4 Å². The Balaban J connectivity index is 2.68. The van der Waals surface area contributed by atoms with Crippen LogP contribution in [0.3, 0.4) is 0 Å². The summed E-state index contributed by atoms with van der Waals surface area (Å²) >= 11 is 0. The van der Waals surface area contributed by atoms with Gasteiger partial charge in [0.25, 0.3) is 5.91 Å². The van der Waals surface area contributed by atoms with Crippen molar-refractivity contribution in [1.29, 1.82) is 0 Å². The molecule has 1 saturated heterocycles. The molecular formula is C27H44N4O6. The molecule has 0 saturated carbocycles. The van der Waals surface area contributed by atoms with Crippen LogP contribution in [0.5, 0.6) is 0 Å². The number of carbonyl (C=O) groups excluding carboxylic acids is 4. The SMILES string of the molecule is C=CC/C=C/C=C/[C@@H](C)OC(=O)C1CCCN(C(=O)C(C)NC(=O)C(NC(=O)OC(C)(C)C)C(C)C)N1. The molecule has 0 bridgehead atoms. The molecule has 1 aliphatic heterocycles. The second-order valence-electron chi connectivity index (χ2n) is 10.4. The van der Waals surface area contributed by atoms with Gasteiger partial charge < -0.3 is 20.1 Å². The predicted molar refractivity (Wildman–Crippen MR) is 142 cm³/mol. The van der Waals surface area contributed by atoms with Crippen LogP contribution in [-0.2, 0) is 23.9 Å².